The number of nitrogens with zero attached hydrogens (tertiary/aromatic N) is 1. The molecule has 0 aliphatic heterocycles. The second-order valence-corrected chi connectivity index (χ2v) is 4.58. The van der Waals surface area contributed by atoms with Gasteiger partial charge in [-0.25, -0.2) is 4.39 Å². The summed E-state index contributed by atoms with van der Waals surface area (Å²) >= 11 is 0. The van der Waals surface area contributed by atoms with Gasteiger partial charge in [0, 0.05) is 12.1 Å². The van der Waals surface area contributed by atoms with Crippen molar-refractivity contribution in [3.05, 3.63) is 28.1 Å². The van der Waals surface area contributed by atoms with Crippen LogP contribution in [0.2, 0.25) is 0 Å². The summed E-state index contributed by atoms with van der Waals surface area (Å²) in [4.78, 5) is 10.1. The number of benzene rings is 1. The van der Waals surface area contributed by atoms with Crippen molar-refractivity contribution in [2.24, 2.45) is 5.92 Å². The van der Waals surface area contributed by atoms with Crippen LogP contribution in [0.15, 0.2) is 12.1 Å². The third-order valence-corrected chi connectivity index (χ3v) is 3.35. The predicted octanol–water partition coefficient (Wildman–Crippen LogP) is 3.59. The van der Waals surface area contributed by atoms with Gasteiger partial charge in [-0.05, 0) is 12.8 Å². The molecule has 0 heterocycles. The van der Waals surface area contributed by atoms with Gasteiger partial charge in [0.05, 0.1) is 23.8 Å². The molecule has 0 saturated carbocycles. The number of nitro groups is 1. The van der Waals surface area contributed by atoms with Crippen molar-refractivity contribution in [3.8, 4) is 5.75 Å². The van der Waals surface area contributed by atoms with Gasteiger partial charge in [0.1, 0.15) is 0 Å². The molecule has 1 N–H and O–H groups in total. The van der Waals surface area contributed by atoms with E-state index >= 15 is 0 Å². The Morgan fingerprint density at radius 2 is 2.11 bits per heavy atom. The monoisotopic (exact) mass is 270 g/mol. The molecule has 1 rings (SSSR count). The number of ether oxygens (including phenoxy) is 1. The van der Waals surface area contributed by atoms with E-state index < -0.39 is 10.7 Å². The lowest BCUT2D eigenvalue weighted by molar-refractivity contribution is -0.385. The van der Waals surface area contributed by atoms with Crippen molar-refractivity contribution in [2.75, 3.05) is 12.4 Å². The normalized spacial score (nSPS) is 13.7. The van der Waals surface area contributed by atoms with Crippen molar-refractivity contribution < 1.29 is 14.1 Å². The zero-order valence-corrected chi connectivity index (χ0v) is 11.6. The van der Waals surface area contributed by atoms with Crippen LogP contribution >= 0.6 is 0 Å². The molecule has 106 valence electrons. The third kappa shape index (κ3) is 3.56. The molecule has 0 aliphatic rings. The van der Waals surface area contributed by atoms with Gasteiger partial charge in [0.2, 0.25) is 0 Å². The maximum Gasteiger partial charge on any atom is 0.313 e. The molecule has 0 aliphatic carbocycles. The fourth-order valence-corrected chi connectivity index (χ4v) is 1.70. The van der Waals surface area contributed by atoms with Crippen molar-refractivity contribution >= 4 is 11.4 Å². The average molecular weight is 270 g/mol. The molecule has 2 unspecified atom stereocenters. The number of hydrogen-bond donors (Lipinski definition) is 1. The molecule has 6 heteroatoms. The minimum Gasteiger partial charge on any atom is -0.490 e. The minimum absolute atomic E-state index is 0.0465. The third-order valence-electron chi connectivity index (χ3n) is 3.35. The highest BCUT2D eigenvalue weighted by molar-refractivity contribution is 5.59. The highest BCUT2D eigenvalue weighted by atomic mass is 19.1. The molecular weight excluding hydrogens is 251 g/mol. The Labute approximate surface area is 111 Å². The van der Waals surface area contributed by atoms with Gasteiger partial charge in [0.15, 0.2) is 11.6 Å². The summed E-state index contributed by atoms with van der Waals surface area (Å²) in [6.45, 7) is 6.05. The molecule has 0 saturated heterocycles. The summed E-state index contributed by atoms with van der Waals surface area (Å²) in [5.74, 6) is -0.242. The van der Waals surface area contributed by atoms with E-state index in [-0.39, 0.29) is 23.2 Å². The molecule has 5 nitrogen and oxygen atoms in total. The van der Waals surface area contributed by atoms with Crippen LogP contribution in [0.1, 0.15) is 27.2 Å². The summed E-state index contributed by atoms with van der Waals surface area (Å²) in [6.07, 6.45) is 0.958. The highest BCUT2D eigenvalue weighted by Gasteiger charge is 2.20. The number of rotatable bonds is 6. The summed E-state index contributed by atoms with van der Waals surface area (Å²) in [5, 5.41) is 13.8. The highest BCUT2D eigenvalue weighted by Crippen LogP contribution is 2.32. The fraction of sp³-hybridized carbons (Fsp3) is 0.538. The fourth-order valence-electron chi connectivity index (χ4n) is 1.70. The van der Waals surface area contributed by atoms with Gasteiger partial charge in [-0.3, -0.25) is 10.1 Å². The Kier molecular flexibility index (Phi) is 5.09. The van der Waals surface area contributed by atoms with Gasteiger partial charge in [0.25, 0.3) is 0 Å². The van der Waals surface area contributed by atoms with Gasteiger partial charge in [-0.15, -0.1) is 0 Å². The SMILES string of the molecule is CCC(C)C(C)Nc1cc(OC)c([N+](=O)[O-])cc1F. The Bertz CT molecular complexity index is 465. The van der Waals surface area contributed by atoms with Gasteiger partial charge in [-0.2, -0.15) is 0 Å². The standard InChI is InChI=1S/C13H19FN2O3/c1-5-8(2)9(3)15-11-7-13(19-4)12(16(17)18)6-10(11)14/h6-9,15H,5H2,1-4H3. The van der Waals surface area contributed by atoms with Crippen LogP contribution in [0.5, 0.6) is 5.75 Å². The molecule has 2 atom stereocenters. The van der Waals surface area contributed by atoms with Crippen LogP contribution in [-0.4, -0.2) is 18.1 Å². The smallest absolute Gasteiger partial charge is 0.313 e. The Morgan fingerprint density at radius 3 is 2.58 bits per heavy atom. The number of halogens is 1. The number of anilines is 1. The molecule has 0 radical (unpaired) electrons. The molecule has 1 aromatic carbocycles. The summed E-state index contributed by atoms with van der Waals surface area (Å²) < 4.78 is 18.8. The average Bonchev–Trinajstić information content (AvgIpc) is 2.39. The van der Waals surface area contributed by atoms with Crippen molar-refractivity contribution in [1.82, 2.24) is 0 Å². The quantitative estimate of drug-likeness (QED) is 0.633. The largest absolute Gasteiger partial charge is 0.490 e. The van der Waals surface area contributed by atoms with Crippen molar-refractivity contribution in [2.45, 2.75) is 33.2 Å². The van der Waals surface area contributed by atoms with Gasteiger partial charge < -0.3 is 10.1 Å². The number of nitro benzene ring substituents is 1. The second kappa shape index (κ2) is 6.36. The summed E-state index contributed by atoms with van der Waals surface area (Å²) in [7, 11) is 1.32. The molecule has 0 aromatic heterocycles. The van der Waals surface area contributed by atoms with Crippen molar-refractivity contribution in [3.63, 3.8) is 0 Å². The topological polar surface area (TPSA) is 64.4 Å². The maximum absolute atomic E-state index is 13.8. The van der Waals surface area contributed by atoms with E-state index in [0.29, 0.717) is 5.92 Å². The first-order valence-electron chi connectivity index (χ1n) is 6.19. The van der Waals surface area contributed by atoms with Crippen LogP contribution < -0.4 is 10.1 Å². The lowest BCUT2D eigenvalue weighted by Gasteiger charge is -2.21. The minimum atomic E-state index is -0.663. The lowest BCUT2D eigenvalue weighted by Crippen LogP contribution is -2.23. The van der Waals surface area contributed by atoms with E-state index in [2.05, 4.69) is 19.2 Å². The van der Waals surface area contributed by atoms with Gasteiger partial charge >= 0.3 is 5.69 Å². The van der Waals surface area contributed by atoms with E-state index in [4.69, 9.17) is 4.74 Å². The Morgan fingerprint density at radius 1 is 1.47 bits per heavy atom. The summed E-state index contributed by atoms with van der Waals surface area (Å²) in [6, 6.07) is 2.27. The number of nitrogens with one attached hydrogen (secondary N) is 1. The molecule has 1 aromatic rings. The molecule has 0 bridgehead atoms. The van der Waals surface area contributed by atoms with Crippen LogP contribution in [0.25, 0.3) is 0 Å². The van der Waals surface area contributed by atoms with E-state index in [9.17, 15) is 14.5 Å². The summed E-state index contributed by atoms with van der Waals surface area (Å²) in [5.41, 5.74) is -0.156. The predicted molar refractivity (Wildman–Crippen MR) is 72.1 cm³/mol. The van der Waals surface area contributed by atoms with Crippen LogP contribution in [0.3, 0.4) is 0 Å². The Hall–Kier alpha value is -1.85. The van der Waals surface area contributed by atoms with Crippen LogP contribution in [0, 0.1) is 21.8 Å². The van der Waals surface area contributed by atoms with Crippen LogP contribution in [0.4, 0.5) is 15.8 Å². The maximum atomic E-state index is 13.8. The zero-order valence-electron chi connectivity index (χ0n) is 11.6. The van der Waals surface area contributed by atoms with E-state index in [0.717, 1.165) is 12.5 Å². The molecule has 0 spiro atoms. The molecule has 0 fully saturated rings. The first kappa shape index (κ1) is 15.2. The molecule has 19 heavy (non-hydrogen) atoms. The molecular formula is C13H19FN2O3. The van der Waals surface area contributed by atoms with E-state index in [1.807, 2.05) is 6.92 Å². The number of hydrogen-bond acceptors (Lipinski definition) is 4. The first-order valence-corrected chi connectivity index (χ1v) is 6.19. The first-order chi connectivity index (χ1) is 8.90. The lowest BCUT2D eigenvalue weighted by atomic mass is 10.0. The number of methoxy groups -OCH3 is 1. The van der Waals surface area contributed by atoms with E-state index in [1.54, 1.807) is 0 Å². The molecule has 0 amide bonds. The van der Waals surface area contributed by atoms with Gasteiger partial charge in [-0.1, -0.05) is 20.3 Å². The van der Waals surface area contributed by atoms with Crippen molar-refractivity contribution in [1.29, 1.82) is 0 Å². The second-order valence-electron chi connectivity index (χ2n) is 4.58. The zero-order chi connectivity index (χ0) is 14.6. The van der Waals surface area contributed by atoms with Crippen LogP contribution in [-0.2, 0) is 0 Å². The Balaban J connectivity index is 3.06. The van der Waals surface area contributed by atoms with E-state index in [1.165, 1.54) is 13.2 Å².